The predicted octanol–water partition coefficient (Wildman–Crippen LogP) is 2.37. The molecule has 1 aromatic heterocycles. The minimum absolute atomic E-state index is 0.830. The summed E-state index contributed by atoms with van der Waals surface area (Å²) in [5, 5.41) is 4.30. The van der Waals surface area contributed by atoms with E-state index in [1.807, 2.05) is 16.9 Å². The van der Waals surface area contributed by atoms with Crippen molar-refractivity contribution in [3.05, 3.63) is 47.3 Å². The molecule has 0 N–H and O–H groups in total. The van der Waals surface area contributed by atoms with Crippen LogP contribution in [0.3, 0.4) is 0 Å². The summed E-state index contributed by atoms with van der Waals surface area (Å²) in [7, 11) is 0. The van der Waals surface area contributed by atoms with Gasteiger partial charge < -0.3 is 4.74 Å². The molecule has 1 aromatic carbocycles. The molecule has 0 spiro atoms. The molecule has 0 saturated heterocycles. The lowest BCUT2D eigenvalue weighted by atomic mass is 10.1. The average molecular weight is 228 g/mol. The van der Waals surface area contributed by atoms with Crippen LogP contribution >= 0.6 is 0 Å². The van der Waals surface area contributed by atoms with Gasteiger partial charge >= 0.3 is 0 Å². The summed E-state index contributed by atoms with van der Waals surface area (Å²) in [6.45, 7) is 3.86. The number of fused-ring (bicyclic) bond motifs is 1. The molecule has 3 nitrogen and oxygen atoms in total. The predicted molar refractivity (Wildman–Crippen MR) is 66.3 cm³/mol. The number of ether oxygens (including phenoxy) is 1. The van der Waals surface area contributed by atoms with Crippen molar-refractivity contribution in [2.24, 2.45) is 0 Å². The Morgan fingerprint density at radius 1 is 1.35 bits per heavy atom. The van der Waals surface area contributed by atoms with E-state index >= 15 is 0 Å². The highest BCUT2D eigenvalue weighted by atomic mass is 16.5. The second-order valence-corrected chi connectivity index (χ2v) is 4.49. The van der Waals surface area contributed by atoms with E-state index in [1.165, 1.54) is 16.8 Å². The lowest BCUT2D eigenvalue weighted by Gasteiger charge is -2.06. The molecule has 0 radical (unpaired) electrons. The van der Waals surface area contributed by atoms with Crippen molar-refractivity contribution in [3.8, 4) is 5.75 Å². The van der Waals surface area contributed by atoms with Crippen molar-refractivity contribution in [2.45, 2.75) is 26.3 Å². The van der Waals surface area contributed by atoms with Crippen LogP contribution in [0.4, 0.5) is 0 Å². The second-order valence-electron chi connectivity index (χ2n) is 4.49. The van der Waals surface area contributed by atoms with Gasteiger partial charge in [0.2, 0.25) is 0 Å². The minimum Gasteiger partial charge on any atom is -0.493 e. The average Bonchev–Trinajstić information content (AvgIpc) is 2.94. The molecule has 3 heteroatoms. The molecule has 1 aliphatic rings. The van der Waals surface area contributed by atoms with E-state index < -0.39 is 0 Å². The minimum atomic E-state index is 0.830. The molecule has 0 aliphatic carbocycles. The summed E-state index contributed by atoms with van der Waals surface area (Å²) in [6.07, 6.45) is 3.92. The quantitative estimate of drug-likeness (QED) is 0.806. The van der Waals surface area contributed by atoms with Gasteiger partial charge in [0.25, 0.3) is 0 Å². The van der Waals surface area contributed by atoms with Crippen LogP contribution < -0.4 is 4.74 Å². The Bertz CT molecular complexity index is 531. The van der Waals surface area contributed by atoms with Gasteiger partial charge in [-0.15, -0.1) is 0 Å². The van der Waals surface area contributed by atoms with Gasteiger partial charge in [0.15, 0.2) is 0 Å². The highest BCUT2D eigenvalue weighted by Crippen LogP contribution is 2.26. The van der Waals surface area contributed by atoms with Crippen LogP contribution in [0.1, 0.15) is 16.8 Å². The van der Waals surface area contributed by atoms with Crippen LogP contribution in [0.25, 0.3) is 0 Å². The third-order valence-corrected chi connectivity index (χ3v) is 3.30. The number of hydrogen-bond donors (Lipinski definition) is 0. The molecule has 1 aliphatic heterocycles. The molecule has 3 rings (SSSR count). The third kappa shape index (κ3) is 2.05. The Labute approximate surface area is 101 Å². The van der Waals surface area contributed by atoms with Gasteiger partial charge in [-0.3, -0.25) is 4.68 Å². The first-order valence-corrected chi connectivity index (χ1v) is 6.06. The van der Waals surface area contributed by atoms with E-state index in [2.05, 4.69) is 30.2 Å². The molecule has 2 aromatic rings. The number of rotatable bonds is 3. The maximum Gasteiger partial charge on any atom is 0.122 e. The molecule has 17 heavy (non-hydrogen) atoms. The number of hydrogen-bond acceptors (Lipinski definition) is 2. The van der Waals surface area contributed by atoms with Crippen LogP contribution in [0.5, 0.6) is 5.75 Å². The van der Waals surface area contributed by atoms with Crippen molar-refractivity contribution >= 4 is 0 Å². The highest BCUT2D eigenvalue weighted by molar-refractivity contribution is 5.39. The fourth-order valence-corrected chi connectivity index (χ4v) is 2.26. The summed E-state index contributed by atoms with van der Waals surface area (Å²) in [5.74, 6) is 1.06. The van der Waals surface area contributed by atoms with Crippen LogP contribution in [0.2, 0.25) is 0 Å². The van der Waals surface area contributed by atoms with E-state index in [0.29, 0.717) is 0 Å². The molecule has 0 atom stereocenters. The monoisotopic (exact) mass is 228 g/mol. The molecule has 0 fully saturated rings. The van der Waals surface area contributed by atoms with Crippen LogP contribution in [-0.2, 0) is 19.4 Å². The van der Waals surface area contributed by atoms with Crippen molar-refractivity contribution in [2.75, 3.05) is 6.61 Å². The summed E-state index contributed by atoms with van der Waals surface area (Å²) in [4.78, 5) is 0. The zero-order chi connectivity index (χ0) is 11.7. The van der Waals surface area contributed by atoms with E-state index in [1.54, 1.807) is 0 Å². The molecule has 0 saturated carbocycles. The number of nitrogens with zero attached hydrogens (tertiary/aromatic N) is 2. The number of aryl methyl sites for hydroxylation is 3. The van der Waals surface area contributed by atoms with Gasteiger partial charge in [-0.2, -0.15) is 5.10 Å². The van der Waals surface area contributed by atoms with E-state index in [9.17, 15) is 0 Å². The molecule has 2 heterocycles. The lowest BCUT2D eigenvalue weighted by Crippen LogP contribution is -2.04. The molecule has 0 unspecified atom stereocenters. The van der Waals surface area contributed by atoms with Gasteiger partial charge in [-0.05, 0) is 36.6 Å². The van der Waals surface area contributed by atoms with Gasteiger partial charge in [-0.25, -0.2) is 0 Å². The largest absolute Gasteiger partial charge is 0.493 e. The fourth-order valence-electron chi connectivity index (χ4n) is 2.26. The zero-order valence-electron chi connectivity index (χ0n) is 10.0. The van der Waals surface area contributed by atoms with Gasteiger partial charge in [-0.1, -0.05) is 12.1 Å². The van der Waals surface area contributed by atoms with Gasteiger partial charge in [0.05, 0.1) is 6.61 Å². The first-order valence-electron chi connectivity index (χ1n) is 6.06. The summed E-state index contributed by atoms with van der Waals surface area (Å²) < 4.78 is 7.55. The van der Waals surface area contributed by atoms with E-state index in [0.717, 1.165) is 31.7 Å². The summed E-state index contributed by atoms with van der Waals surface area (Å²) in [5.41, 5.74) is 3.93. The third-order valence-electron chi connectivity index (χ3n) is 3.30. The second kappa shape index (κ2) is 4.24. The van der Waals surface area contributed by atoms with Gasteiger partial charge in [0, 0.05) is 24.9 Å². The normalized spacial score (nSPS) is 13.5. The fraction of sp³-hybridized carbons (Fsp3) is 0.357. The SMILES string of the molecule is Cc1ccnn1CCc1ccc2c(c1)CCO2. The van der Waals surface area contributed by atoms with E-state index in [4.69, 9.17) is 4.74 Å². The van der Waals surface area contributed by atoms with Crippen LogP contribution in [0.15, 0.2) is 30.5 Å². The van der Waals surface area contributed by atoms with Gasteiger partial charge in [0.1, 0.15) is 5.75 Å². The van der Waals surface area contributed by atoms with E-state index in [-0.39, 0.29) is 0 Å². The molecular weight excluding hydrogens is 212 g/mol. The molecule has 0 bridgehead atoms. The maximum atomic E-state index is 5.51. The van der Waals surface area contributed by atoms with Crippen LogP contribution in [-0.4, -0.2) is 16.4 Å². The molecular formula is C14H16N2O. The Morgan fingerprint density at radius 3 is 3.12 bits per heavy atom. The first-order chi connectivity index (χ1) is 8.33. The maximum absolute atomic E-state index is 5.51. The highest BCUT2D eigenvalue weighted by Gasteiger charge is 2.11. The molecule has 88 valence electrons. The Hall–Kier alpha value is -1.77. The van der Waals surface area contributed by atoms with Crippen molar-refractivity contribution in [1.82, 2.24) is 9.78 Å². The molecule has 0 amide bonds. The zero-order valence-corrected chi connectivity index (χ0v) is 10.0. The lowest BCUT2D eigenvalue weighted by molar-refractivity contribution is 0.357. The smallest absolute Gasteiger partial charge is 0.122 e. The summed E-state index contributed by atoms with van der Waals surface area (Å²) >= 11 is 0. The Balaban J connectivity index is 1.72. The van der Waals surface area contributed by atoms with Crippen LogP contribution in [0, 0.1) is 6.92 Å². The Kier molecular flexibility index (Phi) is 2.59. The van der Waals surface area contributed by atoms with Crippen molar-refractivity contribution in [1.29, 1.82) is 0 Å². The van der Waals surface area contributed by atoms with Crippen molar-refractivity contribution < 1.29 is 4.74 Å². The number of aromatic nitrogens is 2. The van der Waals surface area contributed by atoms with Crippen molar-refractivity contribution in [3.63, 3.8) is 0 Å². The summed E-state index contributed by atoms with van der Waals surface area (Å²) in [6, 6.07) is 8.55. The number of benzene rings is 1. The topological polar surface area (TPSA) is 27.1 Å². The standard InChI is InChI=1S/C14H16N2O/c1-11-4-7-15-16(11)8-5-12-2-3-14-13(10-12)6-9-17-14/h2-4,7,10H,5-6,8-9H2,1H3. The first kappa shape index (κ1) is 10.4. The Morgan fingerprint density at radius 2 is 2.29 bits per heavy atom.